The second-order valence-corrected chi connectivity index (χ2v) is 5.35. The van der Waals surface area contributed by atoms with Gasteiger partial charge in [0.2, 0.25) is 0 Å². The summed E-state index contributed by atoms with van der Waals surface area (Å²) in [6.45, 7) is -3.96. The zero-order chi connectivity index (χ0) is 20.0. The third kappa shape index (κ3) is 5.61. The van der Waals surface area contributed by atoms with Gasteiger partial charge in [0.15, 0.2) is 6.61 Å². The maximum absolute atomic E-state index is 12.4. The summed E-state index contributed by atoms with van der Waals surface area (Å²) in [5.41, 5.74) is -0.899. The predicted molar refractivity (Wildman–Crippen MR) is 90.1 cm³/mol. The molecule has 142 valence electrons. The second-order valence-electron chi connectivity index (χ2n) is 4.92. The topological polar surface area (TPSA) is 108 Å². The van der Waals surface area contributed by atoms with E-state index in [1.165, 1.54) is 24.3 Å². The maximum atomic E-state index is 12.4. The molecule has 2 rings (SSSR count). The monoisotopic (exact) mass is 400 g/mol. The average Bonchev–Trinajstić information content (AvgIpc) is 2.59. The van der Waals surface area contributed by atoms with Crippen molar-refractivity contribution in [2.75, 3.05) is 11.9 Å². The van der Waals surface area contributed by atoms with Gasteiger partial charge in [0.05, 0.1) is 4.92 Å². The molecule has 8 nitrogen and oxygen atoms in total. The number of hydrogen-bond acceptors (Lipinski definition) is 6. The molecule has 0 radical (unpaired) electrons. The number of amides is 1. The van der Waals surface area contributed by atoms with Crippen molar-refractivity contribution in [2.45, 2.75) is 6.61 Å². The summed E-state index contributed by atoms with van der Waals surface area (Å²) in [6.07, 6.45) is 0. The van der Waals surface area contributed by atoms with Crippen molar-refractivity contribution >= 4 is 34.9 Å². The van der Waals surface area contributed by atoms with E-state index < -0.39 is 41.5 Å². The molecular formula is C16H11ClF2N2O6. The fourth-order valence-corrected chi connectivity index (χ4v) is 2.17. The molecule has 0 spiro atoms. The zero-order valence-corrected chi connectivity index (χ0v) is 14.1. The smallest absolute Gasteiger partial charge is 0.387 e. The first-order valence-corrected chi connectivity index (χ1v) is 7.60. The quantitative estimate of drug-likeness (QED) is 0.432. The molecule has 1 N–H and O–H groups in total. The minimum absolute atomic E-state index is 0.144. The summed E-state index contributed by atoms with van der Waals surface area (Å²) in [5, 5.41) is 13.3. The number of nitro benzene ring substituents is 1. The Morgan fingerprint density at radius 2 is 1.93 bits per heavy atom. The fourth-order valence-electron chi connectivity index (χ4n) is 2.00. The Morgan fingerprint density at radius 3 is 2.59 bits per heavy atom. The highest BCUT2D eigenvalue weighted by atomic mass is 35.5. The molecule has 2 aromatic carbocycles. The molecule has 0 aliphatic carbocycles. The van der Waals surface area contributed by atoms with Crippen LogP contribution in [-0.2, 0) is 9.53 Å². The van der Waals surface area contributed by atoms with E-state index >= 15 is 0 Å². The molecule has 0 saturated heterocycles. The van der Waals surface area contributed by atoms with E-state index in [2.05, 4.69) is 10.1 Å². The number of halogens is 3. The number of nitro groups is 1. The molecule has 2 aromatic rings. The van der Waals surface area contributed by atoms with Crippen LogP contribution in [0.3, 0.4) is 0 Å². The van der Waals surface area contributed by atoms with Gasteiger partial charge in [0.25, 0.3) is 11.6 Å². The first-order chi connectivity index (χ1) is 12.8. The van der Waals surface area contributed by atoms with Crippen molar-refractivity contribution in [1.82, 2.24) is 0 Å². The van der Waals surface area contributed by atoms with Crippen molar-refractivity contribution in [3.05, 3.63) is 63.2 Å². The molecule has 27 heavy (non-hydrogen) atoms. The lowest BCUT2D eigenvalue weighted by Crippen LogP contribution is -2.22. The van der Waals surface area contributed by atoms with E-state index in [1.54, 1.807) is 0 Å². The van der Waals surface area contributed by atoms with E-state index in [-0.39, 0.29) is 16.3 Å². The number of ether oxygens (including phenoxy) is 2. The predicted octanol–water partition coefficient (Wildman–Crippen LogP) is 3.65. The molecule has 0 bridgehead atoms. The van der Waals surface area contributed by atoms with Crippen molar-refractivity contribution < 1.29 is 32.8 Å². The Bertz CT molecular complexity index is 878. The van der Waals surface area contributed by atoms with Gasteiger partial charge in [-0.3, -0.25) is 14.9 Å². The Balaban J connectivity index is 2.04. The molecule has 0 aliphatic heterocycles. The van der Waals surface area contributed by atoms with Gasteiger partial charge in [-0.2, -0.15) is 8.78 Å². The normalized spacial score (nSPS) is 10.4. The maximum Gasteiger partial charge on any atom is 0.387 e. The van der Waals surface area contributed by atoms with Crippen molar-refractivity contribution in [2.24, 2.45) is 0 Å². The highest BCUT2D eigenvalue weighted by Crippen LogP contribution is 2.27. The molecule has 0 aliphatic rings. The minimum Gasteiger partial charge on any atom is -0.452 e. The largest absolute Gasteiger partial charge is 0.452 e. The molecule has 1 amide bonds. The summed E-state index contributed by atoms with van der Waals surface area (Å²) < 4.78 is 33.6. The lowest BCUT2D eigenvalue weighted by atomic mass is 10.2. The summed E-state index contributed by atoms with van der Waals surface area (Å²) in [4.78, 5) is 34.1. The number of para-hydroxylation sites is 1. The van der Waals surface area contributed by atoms with Crippen molar-refractivity contribution in [3.63, 3.8) is 0 Å². The van der Waals surface area contributed by atoms with Gasteiger partial charge in [-0.25, -0.2) is 4.79 Å². The molecule has 0 heterocycles. The van der Waals surface area contributed by atoms with Gasteiger partial charge in [-0.15, -0.1) is 0 Å². The number of alkyl halides is 2. The fraction of sp³-hybridized carbons (Fsp3) is 0.125. The number of benzene rings is 2. The molecule has 0 atom stereocenters. The Morgan fingerprint density at radius 1 is 1.22 bits per heavy atom. The summed E-state index contributed by atoms with van der Waals surface area (Å²) in [7, 11) is 0. The number of rotatable bonds is 7. The lowest BCUT2D eigenvalue weighted by molar-refractivity contribution is -0.383. The summed E-state index contributed by atoms with van der Waals surface area (Å²) in [5.74, 6) is -2.38. The van der Waals surface area contributed by atoms with Crippen LogP contribution in [0.15, 0.2) is 42.5 Å². The van der Waals surface area contributed by atoms with Crippen LogP contribution in [-0.4, -0.2) is 30.0 Å². The Labute approximate surface area is 155 Å². The number of nitrogens with zero attached hydrogens (tertiary/aromatic N) is 1. The van der Waals surface area contributed by atoms with Gasteiger partial charge in [0.1, 0.15) is 17.0 Å². The number of carbonyl (C=O) groups excluding carboxylic acids is 2. The van der Waals surface area contributed by atoms with Gasteiger partial charge >= 0.3 is 12.6 Å². The van der Waals surface area contributed by atoms with Crippen LogP contribution in [0.2, 0.25) is 5.02 Å². The van der Waals surface area contributed by atoms with E-state index in [9.17, 15) is 28.5 Å². The SMILES string of the molecule is O=C(COC(=O)c1ccccc1OC(F)F)Nc1cc(Cl)ccc1[N+](=O)[O-]. The van der Waals surface area contributed by atoms with Gasteiger partial charge < -0.3 is 14.8 Å². The van der Waals surface area contributed by atoms with E-state index in [0.29, 0.717) is 0 Å². The lowest BCUT2D eigenvalue weighted by Gasteiger charge is -2.10. The molecule has 0 unspecified atom stereocenters. The minimum atomic E-state index is -3.15. The van der Waals surface area contributed by atoms with Gasteiger partial charge in [0, 0.05) is 11.1 Å². The summed E-state index contributed by atoms with van der Waals surface area (Å²) in [6, 6.07) is 8.62. The van der Waals surface area contributed by atoms with Crippen LogP contribution >= 0.6 is 11.6 Å². The number of hydrogen-bond donors (Lipinski definition) is 1. The van der Waals surface area contributed by atoms with Crippen LogP contribution in [0.4, 0.5) is 20.2 Å². The van der Waals surface area contributed by atoms with Crippen molar-refractivity contribution in [3.8, 4) is 5.75 Å². The van der Waals surface area contributed by atoms with Crippen LogP contribution in [0.25, 0.3) is 0 Å². The number of carbonyl (C=O) groups is 2. The zero-order valence-electron chi connectivity index (χ0n) is 13.4. The number of esters is 1. The van der Waals surface area contributed by atoms with Crippen LogP contribution in [0.1, 0.15) is 10.4 Å². The van der Waals surface area contributed by atoms with E-state index in [1.807, 2.05) is 0 Å². The molecule has 11 heteroatoms. The molecule has 0 saturated carbocycles. The van der Waals surface area contributed by atoms with Gasteiger partial charge in [-0.05, 0) is 24.3 Å². The van der Waals surface area contributed by atoms with Crippen LogP contribution in [0, 0.1) is 10.1 Å². The molecule has 0 aromatic heterocycles. The number of anilines is 1. The Hall–Kier alpha value is -3.27. The third-order valence-corrected chi connectivity index (χ3v) is 3.32. The molecule has 0 fully saturated rings. The van der Waals surface area contributed by atoms with Crippen LogP contribution in [0.5, 0.6) is 5.75 Å². The third-order valence-electron chi connectivity index (χ3n) is 3.09. The Kier molecular flexibility index (Phi) is 6.61. The first-order valence-electron chi connectivity index (χ1n) is 7.22. The average molecular weight is 401 g/mol. The standard InChI is InChI=1S/C16H11ClF2N2O6/c17-9-5-6-12(21(24)25)11(7-9)20-14(22)8-26-15(23)10-3-1-2-4-13(10)27-16(18)19/h1-7,16H,8H2,(H,20,22). The van der Waals surface area contributed by atoms with Gasteiger partial charge in [-0.1, -0.05) is 23.7 Å². The van der Waals surface area contributed by atoms with Crippen LogP contribution < -0.4 is 10.1 Å². The first kappa shape index (κ1) is 20.0. The van der Waals surface area contributed by atoms with E-state index in [0.717, 1.165) is 18.2 Å². The highest BCUT2D eigenvalue weighted by molar-refractivity contribution is 6.31. The molecular weight excluding hydrogens is 390 g/mol. The second kappa shape index (κ2) is 8.90. The number of nitrogens with one attached hydrogen (secondary N) is 1. The van der Waals surface area contributed by atoms with E-state index in [4.69, 9.17) is 16.3 Å². The summed E-state index contributed by atoms with van der Waals surface area (Å²) >= 11 is 5.74. The van der Waals surface area contributed by atoms with Crippen molar-refractivity contribution in [1.29, 1.82) is 0 Å². The highest BCUT2D eigenvalue weighted by Gasteiger charge is 2.20.